The van der Waals surface area contributed by atoms with Crippen molar-refractivity contribution < 1.29 is 4.74 Å². The second-order valence-corrected chi connectivity index (χ2v) is 4.52. The third kappa shape index (κ3) is 2.58. The summed E-state index contributed by atoms with van der Waals surface area (Å²) in [6.07, 6.45) is 0. The molecule has 2 rings (SSSR count). The van der Waals surface area contributed by atoms with Gasteiger partial charge in [0.1, 0.15) is 5.75 Å². The highest BCUT2D eigenvalue weighted by molar-refractivity contribution is 8.14. The number of hydrogen-bond donors (Lipinski definition) is 1. The van der Waals surface area contributed by atoms with E-state index in [4.69, 9.17) is 16.3 Å². The number of aliphatic imine (C=N–C) groups is 1. The Morgan fingerprint density at radius 1 is 1.53 bits per heavy atom. The molecule has 1 heterocycles. The number of nitrogens with zero attached hydrogens (tertiary/aromatic N) is 1. The van der Waals surface area contributed by atoms with Gasteiger partial charge in [0.2, 0.25) is 0 Å². The topological polar surface area (TPSA) is 33.6 Å². The Hall–Kier alpha value is -0.870. The zero-order valence-electron chi connectivity index (χ0n) is 8.29. The minimum absolute atomic E-state index is 0.682. The zero-order chi connectivity index (χ0) is 10.7. The van der Waals surface area contributed by atoms with Gasteiger partial charge in [0.25, 0.3) is 0 Å². The number of nitrogens with one attached hydrogen (secondary N) is 1. The van der Waals surface area contributed by atoms with Crippen LogP contribution in [0.4, 0.5) is 5.69 Å². The maximum atomic E-state index is 5.92. The molecule has 0 fully saturated rings. The predicted molar refractivity (Wildman–Crippen MR) is 66.4 cm³/mol. The molecule has 0 saturated heterocycles. The van der Waals surface area contributed by atoms with Crippen LogP contribution in [0.2, 0.25) is 5.02 Å². The minimum Gasteiger partial charge on any atom is -0.495 e. The van der Waals surface area contributed by atoms with Crippen molar-refractivity contribution in [3.8, 4) is 5.75 Å². The molecule has 0 bridgehead atoms. The number of benzene rings is 1. The van der Waals surface area contributed by atoms with Gasteiger partial charge in [-0.1, -0.05) is 23.4 Å². The van der Waals surface area contributed by atoms with Crippen molar-refractivity contribution in [3.63, 3.8) is 0 Å². The Labute approximate surface area is 97.9 Å². The van der Waals surface area contributed by atoms with Gasteiger partial charge in [-0.3, -0.25) is 4.99 Å². The van der Waals surface area contributed by atoms with Crippen LogP contribution in [0.1, 0.15) is 0 Å². The van der Waals surface area contributed by atoms with Gasteiger partial charge >= 0.3 is 0 Å². The summed E-state index contributed by atoms with van der Waals surface area (Å²) < 4.78 is 5.23. The number of thioether (sulfide) groups is 1. The predicted octanol–water partition coefficient (Wildman–Crippen LogP) is 2.86. The first-order valence-corrected chi connectivity index (χ1v) is 5.94. The Morgan fingerprint density at radius 2 is 2.40 bits per heavy atom. The van der Waals surface area contributed by atoms with Gasteiger partial charge in [-0.05, 0) is 18.2 Å². The fraction of sp³-hybridized carbons (Fsp3) is 0.300. The molecular weight excluding hydrogens is 232 g/mol. The van der Waals surface area contributed by atoms with E-state index < -0.39 is 0 Å². The number of amidine groups is 1. The van der Waals surface area contributed by atoms with Crippen LogP contribution in [-0.4, -0.2) is 24.6 Å². The van der Waals surface area contributed by atoms with Gasteiger partial charge in [0.15, 0.2) is 5.17 Å². The standard InChI is InChI=1S/C10H11ClN2OS/c1-14-9-3-2-7(11)6-8(9)13-10-12-4-5-15-10/h2-3,6H,4-5H2,1H3,(H,12,13). The zero-order valence-corrected chi connectivity index (χ0v) is 9.86. The minimum atomic E-state index is 0.682. The van der Waals surface area contributed by atoms with E-state index in [0.717, 1.165) is 28.9 Å². The van der Waals surface area contributed by atoms with E-state index in [2.05, 4.69) is 10.3 Å². The normalized spacial score (nSPS) is 14.9. The SMILES string of the molecule is COc1ccc(Cl)cc1NC1=NCCS1. The van der Waals surface area contributed by atoms with E-state index in [1.807, 2.05) is 12.1 Å². The molecule has 0 radical (unpaired) electrons. The molecule has 1 aliphatic heterocycles. The van der Waals surface area contributed by atoms with Gasteiger partial charge in [-0.25, -0.2) is 0 Å². The van der Waals surface area contributed by atoms with Crippen LogP contribution >= 0.6 is 23.4 Å². The van der Waals surface area contributed by atoms with Crippen LogP contribution in [0.15, 0.2) is 23.2 Å². The molecule has 0 unspecified atom stereocenters. The van der Waals surface area contributed by atoms with Crippen LogP contribution in [0.25, 0.3) is 0 Å². The third-order valence-electron chi connectivity index (χ3n) is 1.99. The summed E-state index contributed by atoms with van der Waals surface area (Å²) in [6, 6.07) is 5.47. The molecule has 1 N–H and O–H groups in total. The molecule has 0 aromatic heterocycles. The Kier molecular flexibility index (Phi) is 3.38. The number of ether oxygens (including phenoxy) is 1. The molecular formula is C10H11ClN2OS. The molecule has 0 spiro atoms. The Bertz CT molecular complexity index is 395. The van der Waals surface area contributed by atoms with Crippen molar-refractivity contribution in [3.05, 3.63) is 23.2 Å². The van der Waals surface area contributed by atoms with Crippen molar-refractivity contribution in [1.29, 1.82) is 0 Å². The molecule has 0 amide bonds. The molecule has 1 aliphatic rings. The van der Waals surface area contributed by atoms with E-state index in [0.29, 0.717) is 5.02 Å². The van der Waals surface area contributed by atoms with E-state index in [1.165, 1.54) is 0 Å². The maximum absolute atomic E-state index is 5.92. The maximum Gasteiger partial charge on any atom is 0.161 e. The monoisotopic (exact) mass is 242 g/mol. The number of methoxy groups -OCH3 is 1. The summed E-state index contributed by atoms with van der Waals surface area (Å²) in [5.41, 5.74) is 0.859. The fourth-order valence-corrected chi connectivity index (χ4v) is 2.22. The van der Waals surface area contributed by atoms with Gasteiger partial charge in [-0.15, -0.1) is 0 Å². The number of anilines is 1. The summed E-state index contributed by atoms with van der Waals surface area (Å²) >= 11 is 7.62. The molecule has 0 aliphatic carbocycles. The Balaban J connectivity index is 2.21. The van der Waals surface area contributed by atoms with Gasteiger partial charge in [0.05, 0.1) is 19.3 Å². The van der Waals surface area contributed by atoms with Gasteiger partial charge in [-0.2, -0.15) is 0 Å². The average molecular weight is 243 g/mol. The van der Waals surface area contributed by atoms with E-state index in [9.17, 15) is 0 Å². The largest absolute Gasteiger partial charge is 0.495 e. The Morgan fingerprint density at radius 3 is 3.07 bits per heavy atom. The lowest BCUT2D eigenvalue weighted by Gasteiger charge is -2.10. The third-order valence-corrected chi connectivity index (χ3v) is 3.11. The smallest absolute Gasteiger partial charge is 0.161 e. The second-order valence-electron chi connectivity index (χ2n) is 3.00. The molecule has 3 nitrogen and oxygen atoms in total. The van der Waals surface area contributed by atoms with Crippen LogP contribution < -0.4 is 10.1 Å². The van der Waals surface area contributed by atoms with E-state index in [-0.39, 0.29) is 0 Å². The lowest BCUT2D eigenvalue weighted by molar-refractivity contribution is 0.417. The molecule has 0 atom stereocenters. The summed E-state index contributed by atoms with van der Waals surface area (Å²) in [5, 5.41) is 4.81. The van der Waals surface area contributed by atoms with Crippen molar-refractivity contribution >= 4 is 34.2 Å². The van der Waals surface area contributed by atoms with E-state index >= 15 is 0 Å². The fourth-order valence-electron chi connectivity index (χ4n) is 1.30. The second kappa shape index (κ2) is 4.77. The lowest BCUT2D eigenvalue weighted by atomic mass is 10.3. The molecule has 1 aromatic rings. The van der Waals surface area contributed by atoms with Crippen molar-refractivity contribution in [1.82, 2.24) is 0 Å². The van der Waals surface area contributed by atoms with Crippen molar-refractivity contribution in [2.75, 3.05) is 24.7 Å². The highest BCUT2D eigenvalue weighted by atomic mass is 35.5. The van der Waals surface area contributed by atoms with Gasteiger partial charge < -0.3 is 10.1 Å². The van der Waals surface area contributed by atoms with Crippen LogP contribution in [0.3, 0.4) is 0 Å². The van der Waals surface area contributed by atoms with Gasteiger partial charge in [0, 0.05) is 10.8 Å². The van der Waals surface area contributed by atoms with Crippen molar-refractivity contribution in [2.45, 2.75) is 0 Å². The molecule has 1 aromatic carbocycles. The summed E-state index contributed by atoms with van der Waals surface area (Å²) in [4.78, 5) is 4.31. The van der Waals surface area contributed by atoms with Crippen molar-refractivity contribution in [2.24, 2.45) is 4.99 Å². The molecule has 0 saturated carbocycles. The average Bonchev–Trinajstić information content (AvgIpc) is 2.71. The van der Waals surface area contributed by atoms with Crippen LogP contribution in [0, 0.1) is 0 Å². The quantitative estimate of drug-likeness (QED) is 0.866. The summed E-state index contributed by atoms with van der Waals surface area (Å²) in [6.45, 7) is 0.871. The van der Waals surface area contributed by atoms with E-state index in [1.54, 1.807) is 24.9 Å². The summed E-state index contributed by atoms with van der Waals surface area (Å²) in [5.74, 6) is 1.81. The first kappa shape index (κ1) is 10.6. The number of halogens is 1. The molecule has 15 heavy (non-hydrogen) atoms. The number of hydrogen-bond acceptors (Lipinski definition) is 4. The first-order chi connectivity index (χ1) is 7.29. The van der Waals surface area contributed by atoms with Crippen LogP contribution in [0.5, 0.6) is 5.75 Å². The summed E-state index contributed by atoms with van der Waals surface area (Å²) in [7, 11) is 1.64. The molecule has 80 valence electrons. The lowest BCUT2D eigenvalue weighted by Crippen LogP contribution is -2.06. The molecule has 5 heteroatoms. The number of rotatable bonds is 2. The first-order valence-electron chi connectivity index (χ1n) is 4.57. The highest BCUT2D eigenvalue weighted by Crippen LogP contribution is 2.29. The van der Waals surface area contributed by atoms with Crippen LogP contribution in [-0.2, 0) is 0 Å². The highest BCUT2D eigenvalue weighted by Gasteiger charge is 2.10.